The van der Waals surface area contributed by atoms with Gasteiger partial charge in [0, 0.05) is 21.9 Å². The monoisotopic (exact) mass is 337 g/mol. The minimum atomic E-state index is -0.421. The summed E-state index contributed by atoms with van der Waals surface area (Å²) in [7, 11) is 0. The smallest absolute Gasteiger partial charge is 0.251 e. The standard InChI is InChI=1S/C10H10Br2FNO/c11-2-1-3-14-10(15)7-4-8(12)6-9(13)5-7/h4-6H,1-3H2,(H,14,15). The average Bonchev–Trinajstić information content (AvgIpc) is 2.16. The van der Waals surface area contributed by atoms with Crippen LogP contribution in [0.15, 0.2) is 22.7 Å². The van der Waals surface area contributed by atoms with Crippen LogP contribution in [0.2, 0.25) is 0 Å². The Bertz CT molecular complexity index is 337. The van der Waals surface area contributed by atoms with Gasteiger partial charge in [0.15, 0.2) is 0 Å². The number of nitrogens with one attached hydrogen (secondary N) is 1. The lowest BCUT2D eigenvalue weighted by molar-refractivity contribution is 0.0953. The number of amides is 1. The molecule has 1 N–H and O–H groups in total. The lowest BCUT2D eigenvalue weighted by Crippen LogP contribution is -2.24. The third-order valence-electron chi connectivity index (χ3n) is 1.72. The van der Waals surface area contributed by atoms with Crippen LogP contribution in [0.25, 0.3) is 0 Å². The molecule has 0 fully saturated rings. The quantitative estimate of drug-likeness (QED) is 0.663. The van der Waals surface area contributed by atoms with Crippen LogP contribution >= 0.6 is 31.9 Å². The van der Waals surface area contributed by atoms with Gasteiger partial charge in [-0.3, -0.25) is 4.79 Å². The summed E-state index contributed by atoms with van der Waals surface area (Å²) in [5.74, 6) is -0.675. The fraction of sp³-hybridized carbons (Fsp3) is 0.300. The van der Waals surface area contributed by atoms with Gasteiger partial charge in [-0.05, 0) is 24.6 Å². The van der Waals surface area contributed by atoms with Gasteiger partial charge in [0.05, 0.1) is 0 Å². The molecular formula is C10H10Br2FNO. The molecule has 0 aliphatic carbocycles. The van der Waals surface area contributed by atoms with Gasteiger partial charge in [0.2, 0.25) is 0 Å². The highest BCUT2D eigenvalue weighted by atomic mass is 79.9. The van der Waals surface area contributed by atoms with Gasteiger partial charge in [-0.1, -0.05) is 31.9 Å². The second kappa shape index (κ2) is 6.23. The Morgan fingerprint density at radius 1 is 1.40 bits per heavy atom. The molecule has 2 nitrogen and oxygen atoms in total. The third kappa shape index (κ3) is 4.30. The summed E-state index contributed by atoms with van der Waals surface area (Å²) in [6.07, 6.45) is 0.849. The molecule has 0 spiro atoms. The SMILES string of the molecule is O=C(NCCCBr)c1cc(F)cc(Br)c1. The van der Waals surface area contributed by atoms with Gasteiger partial charge in [-0.25, -0.2) is 4.39 Å². The highest BCUT2D eigenvalue weighted by Crippen LogP contribution is 2.14. The molecule has 82 valence electrons. The zero-order valence-electron chi connectivity index (χ0n) is 7.90. The molecule has 0 radical (unpaired) electrons. The number of halogens is 3. The maximum atomic E-state index is 13.0. The number of carbonyl (C=O) groups is 1. The summed E-state index contributed by atoms with van der Waals surface area (Å²) in [5, 5.41) is 3.53. The molecule has 0 heterocycles. The first kappa shape index (κ1) is 12.6. The van der Waals surface area contributed by atoms with E-state index in [1.54, 1.807) is 6.07 Å². The van der Waals surface area contributed by atoms with Crippen molar-refractivity contribution in [3.05, 3.63) is 34.1 Å². The van der Waals surface area contributed by atoms with Crippen LogP contribution < -0.4 is 5.32 Å². The van der Waals surface area contributed by atoms with Crippen LogP contribution in [-0.2, 0) is 0 Å². The number of rotatable bonds is 4. The molecule has 0 aromatic heterocycles. The van der Waals surface area contributed by atoms with Crippen molar-refractivity contribution in [1.29, 1.82) is 0 Å². The number of hydrogen-bond donors (Lipinski definition) is 1. The van der Waals surface area contributed by atoms with E-state index < -0.39 is 5.82 Å². The van der Waals surface area contributed by atoms with Gasteiger partial charge < -0.3 is 5.32 Å². The Balaban J connectivity index is 2.65. The summed E-state index contributed by atoms with van der Waals surface area (Å²) < 4.78 is 13.5. The molecule has 1 rings (SSSR count). The summed E-state index contributed by atoms with van der Waals surface area (Å²) in [6, 6.07) is 4.12. The topological polar surface area (TPSA) is 29.1 Å². The third-order valence-corrected chi connectivity index (χ3v) is 2.74. The van der Waals surface area contributed by atoms with Gasteiger partial charge in [-0.15, -0.1) is 0 Å². The highest BCUT2D eigenvalue weighted by molar-refractivity contribution is 9.10. The second-order valence-electron chi connectivity index (χ2n) is 2.96. The molecule has 0 unspecified atom stereocenters. The maximum Gasteiger partial charge on any atom is 0.251 e. The zero-order chi connectivity index (χ0) is 11.3. The number of carbonyl (C=O) groups excluding carboxylic acids is 1. The van der Waals surface area contributed by atoms with Crippen molar-refractivity contribution in [3.63, 3.8) is 0 Å². The molecule has 0 saturated carbocycles. The van der Waals surface area contributed by atoms with Crippen molar-refractivity contribution in [1.82, 2.24) is 5.32 Å². The van der Waals surface area contributed by atoms with Crippen LogP contribution in [-0.4, -0.2) is 17.8 Å². The van der Waals surface area contributed by atoms with Crippen LogP contribution in [0.1, 0.15) is 16.8 Å². The van der Waals surface area contributed by atoms with Crippen molar-refractivity contribution in [3.8, 4) is 0 Å². The molecule has 5 heteroatoms. The molecular weight excluding hydrogens is 329 g/mol. The number of benzene rings is 1. The molecule has 15 heavy (non-hydrogen) atoms. The largest absolute Gasteiger partial charge is 0.352 e. The number of hydrogen-bond acceptors (Lipinski definition) is 1. The Morgan fingerprint density at radius 3 is 2.73 bits per heavy atom. The first-order valence-electron chi connectivity index (χ1n) is 4.43. The van der Waals surface area contributed by atoms with E-state index in [0.717, 1.165) is 11.8 Å². The Morgan fingerprint density at radius 2 is 2.13 bits per heavy atom. The van der Waals surface area contributed by atoms with Crippen molar-refractivity contribution < 1.29 is 9.18 Å². The van der Waals surface area contributed by atoms with Crippen molar-refractivity contribution >= 4 is 37.8 Å². The van der Waals surface area contributed by atoms with E-state index in [1.165, 1.54) is 12.1 Å². The van der Waals surface area contributed by atoms with E-state index in [-0.39, 0.29) is 5.91 Å². The average molecular weight is 339 g/mol. The van der Waals surface area contributed by atoms with Gasteiger partial charge in [-0.2, -0.15) is 0 Å². The molecule has 0 aliphatic rings. The van der Waals surface area contributed by atoms with E-state index >= 15 is 0 Å². The Kier molecular flexibility index (Phi) is 5.25. The first-order chi connectivity index (χ1) is 7.13. The zero-order valence-corrected chi connectivity index (χ0v) is 11.1. The fourth-order valence-corrected chi connectivity index (χ4v) is 1.80. The normalized spacial score (nSPS) is 10.1. The van der Waals surface area contributed by atoms with Crippen LogP contribution in [0, 0.1) is 5.82 Å². The predicted octanol–water partition coefficient (Wildman–Crippen LogP) is 3.10. The summed E-state index contributed by atoms with van der Waals surface area (Å²) in [6.45, 7) is 0.582. The van der Waals surface area contributed by atoms with Gasteiger partial charge in [0.25, 0.3) is 5.91 Å². The van der Waals surface area contributed by atoms with Crippen molar-refractivity contribution in [2.24, 2.45) is 0 Å². The van der Waals surface area contributed by atoms with Crippen LogP contribution in [0.5, 0.6) is 0 Å². The lowest BCUT2D eigenvalue weighted by Gasteiger charge is -2.04. The fourth-order valence-electron chi connectivity index (χ4n) is 1.06. The molecule has 1 aromatic rings. The number of alkyl halides is 1. The van der Waals surface area contributed by atoms with Crippen LogP contribution in [0.3, 0.4) is 0 Å². The molecule has 0 atom stereocenters. The first-order valence-corrected chi connectivity index (χ1v) is 6.35. The molecule has 0 saturated heterocycles. The second-order valence-corrected chi connectivity index (χ2v) is 4.67. The summed E-state index contributed by atoms with van der Waals surface area (Å²) in [4.78, 5) is 11.5. The van der Waals surface area contributed by atoms with E-state index in [4.69, 9.17) is 0 Å². The van der Waals surface area contributed by atoms with Gasteiger partial charge >= 0.3 is 0 Å². The molecule has 0 aliphatic heterocycles. The van der Waals surface area contributed by atoms with Crippen molar-refractivity contribution in [2.75, 3.05) is 11.9 Å². The maximum absolute atomic E-state index is 13.0. The predicted molar refractivity (Wildman–Crippen MR) is 64.8 cm³/mol. The summed E-state index contributed by atoms with van der Waals surface area (Å²) in [5.41, 5.74) is 0.330. The summed E-state index contributed by atoms with van der Waals surface area (Å²) >= 11 is 6.40. The lowest BCUT2D eigenvalue weighted by atomic mass is 10.2. The Labute approximate surface area is 105 Å². The van der Waals surface area contributed by atoms with E-state index in [1.807, 2.05) is 0 Å². The minimum absolute atomic E-state index is 0.254. The van der Waals surface area contributed by atoms with E-state index in [9.17, 15) is 9.18 Å². The Hall–Kier alpha value is -0.420. The molecule has 1 aromatic carbocycles. The van der Waals surface area contributed by atoms with Crippen molar-refractivity contribution in [2.45, 2.75) is 6.42 Å². The molecule has 1 amide bonds. The van der Waals surface area contributed by atoms with E-state index in [2.05, 4.69) is 37.2 Å². The molecule has 0 bridgehead atoms. The highest BCUT2D eigenvalue weighted by Gasteiger charge is 2.07. The van der Waals surface area contributed by atoms with Crippen LogP contribution in [0.4, 0.5) is 4.39 Å². The van der Waals surface area contributed by atoms with E-state index in [0.29, 0.717) is 16.6 Å². The minimum Gasteiger partial charge on any atom is -0.352 e. The van der Waals surface area contributed by atoms with Gasteiger partial charge in [0.1, 0.15) is 5.82 Å².